The molecule has 20 heavy (non-hydrogen) atoms. The maximum Gasteiger partial charge on any atom is 0.270 e. The van der Waals surface area contributed by atoms with Gasteiger partial charge in [0.05, 0.1) is 0 Å². The number of nitrogens with zero attached hydrogens (tertiary/aromatic N) is 2. The fourth-order valence-electron chi connectivity index (χ4n) is 2.30. The maximum atomic E-state index is 12.0. The quantitative estimate of drug-likeness (QED) is 0.889. The topological polar surface area (TPSA) is 71.2 Å². The van der Waals surface area contributed by atoms with Gasteiger partial charge in [0.15, 0.2) is 0 Å². The molecule has 3 N–H and O–H groups in total. The van der Waals surface area contributed by atoms with Gasteiger partial charge in [-0.25, -0.2) is 4.98 Å². The van der Waals surface area contributed by atoms with E-state index >= 15 is 0 Å². The Balaban J connectivity index is 0.00000180. The van der Waals surface area contributed by atoms with Crippen molar-refractivity contribution in [3.63, 3.8) is 0 Å². The summed E-state index contributed by atoms with van der Waals surface area (Å²) in [5, 5.41) is 3.03. The highest BCUT2D eigenvalue weighted by atomic mass is 35.5. The van der Waals surface area contributed by atoms with Crippen LogP contribution >= 0.6 is 24.8 Å². The van der Waals surface area contributed by atoms with Crippen LogP contribution in [0.15, 0.2) is 18.2 Å². The second kappa shape index (κ2) is 9.00. The Morgan fingerprint density at radius 1 is 1.50 bits per heavy atom. The number of likely N-dealkylation sites (N-methyl/N-ethyl adjacent to an activating group) is 1. The molecule has 0 saturated carbocycles. The monoisotopic (exact) mass is 320 g/mol. The van der Waals surface area contributed by atoms with Crippen molar-refractivity contribution >= 4 is 36.5 Å². The molecule has 1 fully saturated rings. The number of hydrogen-bond donors (Lipinski definition) is 2. The van der Waals surface area contributed by atoms with E-state index in [0.717, 1.165) is 32.5 Å². The largest absolute Gasteiger partial charge is 0.384 e. The molecule has 0 spiro atoms. The van der Waals surface area contributed by atoms with E-state index in [1.165, 1.54) is 0 Å². The van der Waals surface area contributed by atoms with E-state index in [2.05, 4.69) is 22.1 Å². The Morgan fingerprint density at radius 2 is 2.25 bits per heavy atom. The van der Waals surface area contributed by atoms with Crippen LogP contribution in [0.5, 0.6) is 0 Å². The van der Waals surface area contributed by atoms with Crippen LogP contribution in [0.2, 0.25) is 0 Å². The summed E-state index contributed by atoms with van der Waals surface area (Å²) in [6.07, 6.45) is 2.16. The molecule has 1 atom stereocenters. The molecule has 1 aliphatic heterocycles. The van der Waals surface area contributed by atoms with Gasteiger partial charge in [-0.15, -0.1) is 24.8 Å². The maximum absolute atomic E-state index is 12.0. The van der Waals surface area contributed by atoms with E-state index in [9.17, 15) is 4.79 Å². The van der Waals surface area contributed by atoms with Crippen molar-refractivity contribution in [3.05, 3.63) is 23.9 Å². The summed E-state index contributed by atoms with van der Waals surface area (Å²) in [5.41, 5.74) is 5.97. The molecular formula is C13H22Cl2N4O. The van der Waals surface area contributed by atoms with Crippen LogP contribution in [0.1, 0.15) is 30.3 Å². The molecule has 1 aliphatic rings. The van der Waals surface area contributed by atoms with Crippen LogP contribution in [0.25, 0.3) is 0 Å². The number of amides is 1. The first-order chi connectivity index (χ1) is 8.69. The molecule has 1 aromatic heterocycles. The zero-order valence-corrected chi connectivity index (χ0v) is 13.2. The predicted octanol–water partition coefficient (Wildman–Crippen LogP) is 1.72. The van der Waals surface area contributed by atoms with Crippen molar-refractivity contribution < 1.29 is 4.79 Å². The van der Waals surface area contributed by atoms with Crippen LogP contribution in [-0.2, 0) is 0 Å². The molecule has 1 aromatic rings. The van der Waals surface area contributed by atoms with E-state index in [-0.39, 0.29) is 36.8 Å². The van der Waals surface area contributed by atoms with Crippen molar-refractivity contribution in [2.24, 2.45) is 0 Å². The van der Waals surface area contributed by atoms with Crippen LogP contribution in [0, 0.1) is 0 Å². The highest BCUT2D eigenvalue weighted by molar-refractivity contribution is 5.92. The molecule has 7 heteroatoms. The van der Waals surface area contributed by atoms with Gasteiger partial charge in [0, 0.05) is 12.6 Å². The minimum atomic E-state index is -0.134. The fourth-order valence-corrected chi connectivity index (χ4v) is 2.30. The average Bonchev–Trinajstić information content (AvgIpc) is 2.39. The molecule has 1 saturated heterocycles. The average molecular weight is 321 g/mol. The van der Waals surface area contributed by atoms with Crippen LogP contribution in [0.3, 0.4) is 0 Å². The number of hydrogen-bond acceptors (Lipinski definition) is 4. The standard InChI is InChI=1S/C13H20N4O.2ClH/c1-2-17-8-4-5-10(9-17)15-13(18)11-6-3-7-12(14)16-11;;/h3,6-7,10H,2,4-5,8-9H2,1H3,(H2,14,16)(H,15,18);2*1H. The first-order valence-corrected chi connectivity index (χ1v) is 6.44. The third kappa shape index (κ3) is 5.15. The Bertz CT molecular complexity index is 431. The SMILES string of the molecule is CCN1CCCC(NC(=O)c2cccc(N)n2)C1.Cl.Cl. The lowest BCUT2D eigenvalue weighted by Crippen LogP contribution is -2.47. The number of nitrogen functional groups attached to an aromatic ring is 1. The van der Waals surface area contributed by atoms with Crippen molar-refractivity contribution in [1.82, 2.24) is 15.2 Å². The van der Waals surface area contributed by atoms with Gasteiger partial charge < -0.3 is 16.0 Å². The first-order valence-electron chi connectivity index (χ1n) is 6.44. The number of aromatic nitrogens is 1. The zero-order valence-electron chi connectivity index (χ0n) is 11.5. The van der Waals surface area contributed by atoms with Gasteiger partial charge in [-0.2, -0.15) is 0 Å². The number of nitrogens with one attached hydrogen (secondary N) is 1. The number of likely N-dealkylation sites (tertiary alicyclic amines) is 1. The van der Waals surface area contributed by atoms with E-state index < -0.39 is 0 Å². The van der Waals surface area contributed by atoms with Crippen molar-refractivity contribution in [2.45, 2.75) is 25.8 Å². The molecule has 2 heterocycles. The molecule has 0 aliphatic carbocycles. The Kier molecular flexibility index (Phi) is 8.53. The molecule has 0 bridgehead atoms. The lowest BCUT2D eigenvalue weighted by Gasteiger charge is -2.32. The van der Waals surface area contributed by atoms with E-state index in [1.54, 1.807) is 18.2 Å². The molecule has 0 radical (unpaired) electrons. The molecule has 0 aromatic carbocycles. The molecule has 1 unspecified atom stereocenters. The number of nitrogens with two attached hydrogens (primary N) is 1. The van der Waals surface area contributed by atoms with E-state index in [0.29, 0.717) is 11.5 Å². The number of carbonyl (C=O) groups is 1. The summed E-state index contributed by atoms with van der Waals surface area (Å²) in [6.45, 7) is 5.22. The summed E-state index contributed by atoms with van der Waals surface area (Å²) in [4.78, 5) is 18.4. The molecule has 1 amide bonds. The second-order valence-electron chi connectivity index (χ2n) is 4.65. The zero-order chi connectivity index (χ0) is 13.0. The summed E-state index contributed by atoms with van der Waals surface area (Å²) in [5.74, 6) is 0.242. The number of carbonyl (C=O) groups excluding carboxylic acids is 1. The van der Waals surface area contributed by atoms with Gasteiger partial charge in [-0.05, 0) is 38.1 Å². The van der Waals surface area contributed by atoms with Crippen LogP contribution < -0.4 is 11.1 Å². The Labute approximate surface area is 132 Å². The molecule has 114 valence electrons. The third-order valence-electron chi connectivity index (χ3n) is 3.29. The van der Waals surface area contributed by atoms with Gasteiger partial charge in [-0.1, -0.05) is 13.0 Å². The fraction of sp³-hybridized carbons (Fsp3) is 0.538. The number of pyridine rings is 1. The lowest BCUT2D eigenvalue weighted by atomic mass is 10.1. The highest BCUT2D eigenvalue weighted by Gasteiger charge is 2.21. The molecular weight excluding hydrogens is 299 g/mol. The van der Waals surface area contributed by atoms with Crippen molar-refractivity contribution in [1.29, 1.82) is 0 Å². The highest BCUT2D eigenvalue weighted by Crippen LogP contribution is 2.10. The summed E-state index contributed by atoms with van der Waals surface area (Å²) in [7, 11) is 0. The van der Waals surface area contributed by atoms with E-state index in [4.69, 9.17) is 5.73 Å². The van der Waals surface area contributed by atoms with Gasteiger partial charge >= 0.3 is 0 Å². The van der Waals surface area contributed by atoms with Gasteiger partial charge in [0.25, 0.3) is 5.91 Å². The summed E-state index contributed by atoms with van der Waals surface area (Å²) >= 11 is 0. The predicted molar refractivity (Wildman–Crippen MR) is 85.7 cm³/mol. The molecule has 5 nitrogen and oxygen atoms in total. The van der Waals surface area contributed by atoms with E-state index in [1.807, 2.05) is 0 Å². The van der Waals surface area contributed by atoms with Crippen molar-refractivity contribution in [3.8, 4) is 0 Å². The third-order valence-corrected chi connectivity index (χ3v) is 3.29. The number of rotatable bonds is 3. The molecule has 2 rings (SSSR count). The van der Waals surface area contributed by atoms with Crippen LogP contribution in [-0.4, -0.2) is 41.5 Å². The number of halogens is 2. The lowest BCUT2D eigenvalue weighted by molar-refractivity contribution is 0.0901. The smallest absolute Gasteiger partial charge is 0.270 e. The van der Waals surface area contributed by atoms with Gasteiger partial charge in [0.1, 0.15) is 11.5 Å². The summed E-state index contributed by atoms with van der Waals surface area (Å²) in [6, 6.07) is 5.33. The Morgan fingerprint density at radius 3 is 2.90 bits per heavy atom. The normalized spacial score (nSPS) is 18.6. The second-order valence-corrected chi connectivity index (χ2v) is 4.65. The Hall–Kier alpha value is -1.04. The number of anilines is 1. The van der Waals surface area contributed by atoms with Gasteiger partial charge in [0.2, 0.25) is 0 Å². The van der Waals surface area contributed by atoms with Crippen LogP contribution in [0.4, 0.5) is 5.82 Å². The minimum Gasteiger partial charge on any atom is -0.384 e. The minimum absolute atomic E-state index is 0. The first kappa shape index (κ1) is 19.0. The van der Waals surface area contributed by atoms with Gasteiger partial charge in [-0.3, -0.25) is 4.79 Å². The summed E-state index contributed by atoms with van der Waals surface area (Å²) < 4.78 is 0. The van der Waals surface area contributed by atoms with Crippen molar-refractivity contribution in [2.75, 3.05) is 25.4 Å². The number of piperidine rings is 1.